The van der Waals surface area contributed by atoms with Crippen molar-refractivity contribution in [1.29, 1.82) is 0 Å². The van der Waals surface area contributed by atoms with E-state index in [-0.39, 0.29) is 22.9 Å². The van der Waals surface area contributed by atoms with Gasteiger partial charge in [0.25, 0.3) is 0 Å². The highest BCUT2D eigenvalue weighted by atomic mass is 28.3. The smallest absolute Gasteiger partial charge is 0.243 e. The Morgan fingerprint density at radius 2 is 1.26 bits per heavy atom. The van der Waals surface area contributed by atoms with E-state index in [0.717, 1.165) is 35.7 Å². The van der Waals surface area contributed by atoms with E-state index in [1.165, 1.54) is 11.1 Å². The van der Waals surface area contributed by atoms with Crippen LogP contribution in [0.15, 0.2) is 102 Å². The van der Waals surface area contributed by atoms with Gasteiger partial charge in [-0.2, -0.15) is 0 Å². The van der Waals surface area contributed by atoms with Gasteiger partial charge in [-0.25, -0.2) is 0 Å². The van der Waals surface area contributed by atoms with Crippen LogP contribution in [0.1, 0.15) is 50.3 Å². The normalized spacial score (nSPS) is 18.0. The highest BCUT2D eigenvalue weighted by Gasteiger charge is 2.46. The van der Waals surface area contributed by atoms with Crippen molar-refractivity contribution < 1.29 is 14.3 Å². The first-order valence-corrected chi connectivity index (χ1v) is 19.0. The van der Waals surface area contributed by atoms with Crippen LogP contribution in [-0.2, 0) is 34.0 Å². The van der Waals surface area contributed by atoms with Gasteiger partial charge in [0.15, 0.2) is 0 Å². The lowest BCUT2D eigenvalue weighted by Crippen LogP contribution is -2.47. The molecule has 3 aromatic carbocycles. The van der Waals surface area contributed by atoms with Crippen molar-refractivity contribution in [3.63, 3.8) is 0 Å². The molecule has 1 unspecified atom stereocenters. The minimum absolute atomic E-state index is 0.0494. The van der Waals surface area contributed by atoms with E-state index in [1.807, 2.05) is 42.5 Å². The monoisotopic (exact) mass is 598 g/mol. The average molecular weight is 599 g/mol. The maximum atomic E-state index is 14.0. The molecule has 1 atom stereocenters. The summed E-state index contributed by atoms with van der Waals surface area (Å²) in [5, 5.41) is 8.16. The molecule has 43 heavy (non-hydrogen) atoms. The Kier molecular flexibility index (Phi) is 11.2. The Hall–Kier alpha value is -3.03. The molecule has 1 aliphatic rings. The van der Waals surface area contributed by atoms with Gasteiger partial charge in [-0.05, 0) is 55.9 Å². The average Bonchev–Trinajstić information content (AvgIpc) is 3.29. The summed E-state index contributed by atoms with van der Waals surface area (Å²) in [6.07, 6.45) is 1.61. The minimum atomic E-state index is -2.05. The highest BCUT2D eigenvalue weighted by Crippen LogP contribution is 2.45. The van der Waals surface area contributed by atoms with Crippen molar-refractivity contribution in [3.05, 3.63) is 118 Å². The number of carbonyl (C=O) groups is 1. The summed E-state index contributed by atoms with van der Waals surface area (Å²) in [5.41, 5.74) is 4.19. The molecule has 0 aliphatic heterocycles. The summed E-state index contributed by atoms with van der Waals surface area (Å²) < 4.78 is 12.9. The quantitative estimate of drug-likeness (QED) is 0.159. The molecule has 1 amide bonds. The number of hydrogen-bond donors (Lipinski definition) is 2. The van der Waals surface area contributed by atoms with Crippen LogP contribution in [0.3, 0.4) is 0 Å². The summed E-state index contributed by atoms with van der Waals surface area (Å²) >= 11 is 0. The van der Waals surface area contributed by atoms with Crippen LogP contribution in [0.2, 0.25) is 19.6 Å². The maximum absolute atomic E-state index is 14.0. The summed E-state index contributed by atoms with van der Waals surface area (Å²) in [6, 6.07) is 31.2. The zero-order chi connectivity index (χ0) is 30.9. The second-order valence-electron chi connectivity index (χ2n) is 14.1. The molecule has 4 rings (SSSR count). The first-order chi connectivity index (χ1) is 20.4. The molecule has 1 saturated carbocycles. The molecular formula is C37H50N2O3Si. The van der Waals surface area contributed by atoms with E-state index in [4.69, 9.17) is 9.47 Å². The Morgan fingerprint density at radius 3 is 1.70 bits per heavy atom. The van der Waals surface area contributed by atoms with Gasteiger partial charge in [-0.1, -0.05) is 111 Å². The van der Waals surface area contributed by atoms with Gasteiger partial charge < -0.3 is 20.1 Å². The number of amides is 1. The fourth-order valence-electron chi connectivity index (χ4n) is 6.00. The van der Waals surface area contributed by atoms with Gasteiger partial charge in [0.1, 0.15) is 0 Å². The first-order valence-electron chi connectivity index (χ1n) is 15.5. The Labute approximate surface area is 260 Å². The molecule has 3 aromatic rings. The van der Waals surface area contributed by atoms with Crippen LogP contribution in [0, 0.1) is 5.41 Å². The fourth-order valence-corrected chi connectivity index (χ4v) is 7.97. The van der Waals surface area contributed by atoms with E-state index in [0.29, 0.717) is 26.4 Å². The summed E-state index contributed by atoms with van der Waals surface area (Å²) in [6.45, 7) is 16.0. The van der Waals surface area contributed by atoms with Gasteiger partial charge in [-0.3, -0.25) is 4.79 Å². The predicted molar refractivity (Wildman–Crippen MR) is 179 cm³/mol. The Morgan fingerprint density at radius 1 is 0.791 bits per heavy atom. The number of hydrogen-bond acceptors (Lipinski definition) is 4. The zero-order valence-electron chi connectivity index (χ0n) is 26.9. The molecular weight excluding hydrogens is 549 g/mol. The highest BCUT2D eigenvalue weighted by molar-refractivity contribution is 6.87. The second-order valence-corrected chi connectivity index (χ2v) is 19.1. The van der Waals surface area contributed by atoms with Crippen LogP contribution in [0.25, 0.3) is 0 Å². The third-order valence-corrected chi connectivity index (χ3v) is 9.89. The minimum Gasteiger partial charge on any atom is -0.376 e. The molecule has 0 heterocycles. The van der Waals surface area contributed by atoms with E-state index >= 15 is 0 Å². The van der Waals surface area contributed by atoms with Gasteiger partial charge in [0, 0.05) is 28.7 Å². The second kappa shape index (κ2) is 14.6. The largest absolute Gasteiger partial charge is 0.376 e. The molecule has 1 aliphatic carbocycles. The van der Waals surface area contributed by atoms with Crippen LogP contribution in [0.4, 0.5) is 0 Å². The van der Waals surface area contributed by atoms with Crippen molar-refractivity contribution in [2.45, 2.75) is 84.6 Å². The van der Waals surface area contributed by atoms with E-state index in [1.54, 1.807) is 0 Å². The molecule has 5 nitrogen and oxygen atoms in total. The van der Waals surface area contributed by atoms with Crippen molar-refractivity contribution in [3.8, 4) is 0 Å². The summed E-state index contributed by atoms with van der Waals surface area (Å²) in [5.74, 6) is 0.0689. The zero-order valence-corrected chi connectivity index (χ0v) is 27.9. The number of carbonyl (C=O) groups excluding carboxylic acids is 1. The fraction of sp³-hybridized carbons (Fsp3) is 0.432. The molecule has 2 N–H and O–H groups in total. The molecule has 6 heteroatoms. The lowest BCUT2D eigenvalue weighted by molar-refractivity contribution is -0.118. The summed E-state index contributed by atoms with van der Waals surface area (Å²) in [4.78, 5) is 14.0. The van der Waals surface area contributed by atoms with Crippen molar-refractivity contribution in [2.24, 2.45) is 5.41 Å². The third kappa shape index (κ3) is 10.0. The summed E-state index contributed by atoms with van der Waals surface area (Å²) in [7, 11) is -2.05. The molecule has 0 aromatic heterocycles. The molecule has 0 radical (unpaired) electrons. The van der Waals surface area contributed by atoms with E-state index < -0.39 is 8.07 Å². The lowest BCUT2D eigenvalue weighted by Gasteiger charge is -2.30. The van der Waals surface area contributed by atoms with Gasteiger partial charge in [0.05, 0.1) is 34.5 Å². The van der Waals surface area contributed by atoms with E-state index in [2.05, 4.69) is 99.6 Å². The van der Waals surface area contributed by atoms with Crippen molar-refractivity contribution >= 4 is 14.0 Å². The van der Waals surface area contributed by atoms with Crippen LogP contribution in [-0.4, -0.2) is 38.8 Å². The molecule has 0 spiro atoms. The molecule has 230 valence electrons. The van der Waals surface area contributed by atoms with E-state index in [9.17, 15) is 4.79 Å². The number of nitrogens with one attached hydrogen (secondary N) is 2. The maximum Gasteiger partial charge on any atom is 0.243 e. The first kappa shape index (κ1) is 32.9. The van der Waals surface area contributed by atoms with Crippen LogP contribution in [0.5, 0.6) is 0 Å². The van der Waals surface area contributed by atoms with Crippen LogP contribution < -0.4 is 10.6 Å². The number of rotatable bonds is 13. The number of benzene rings is 3. The standard InChI is InChI=1S/C37H50N2O3Si/c1-36(2,3)39-35(40)34(43(4,5)6)32-22-37(27-41-25-30-18-12-8-13-19-30,28-42-26-31-20-14-9-15-21-31)23-33(32)38-24-29-16-10-7-11-17-29/h7-21,33,38H,22-28H2,1-6H3,(H,39,40)/b34-32+. The SMILES string of the molecule is CC(C)(C)NC(=O)/C(=C1/CC(COCc2ccccc2)(COCc2ccccc2)CC1NCc1ccccc1)[Si](C)(C)C. The topological polar surface area (TPSA) is 59.6 Å². The van der Waals surface area contributed by atoms with Crippen molar-refractivity contribution in [2.75, 3.05) is 13.2 Å². The Balaban J connectivity index is 1.67. The number of ether oxygens (including phenoxy) is 2. The van der Waals surface area contributed by atoms with Crippen LogP contribution >= 0.6 is 0 Å². The van der Waals surface area contributed by atoms with Crippen molar-refractivity contribution in [1.82, 2.24) is 10.6 Å². The molecule has 1 fully saturated rings. The molecule has 0 saturated heterocycles. The molecule has 0 bridgehead atoms. The van der Waals surface area contributed by atoms with Gasteiger partial charge in [0.2, 0.25) is 5.91 Å². The Bertz CT molecular complexity index is 1280. The lowest BCUT2D eigenvalue weighted by atomic mass is 9.87. The van der Waals surface area contributed by atoms with Gasteiger partial charge >= 0.3 is 0 Å². The third-order valence-electron chi connectivity index (χ3n) is 7.84. The predicted octanol–water partition coefficient (Wildman–Crippen LogP) is 7.45. The van der Waals surface area contributed by atoms with Gasteiger partial charge in [-0.15, -0.1) is 0 Å².